The number of rotatable bonds is 7. The predicted molar refractivity (Wildman–Crippen MR) is 103 cm³/mol. The third kappa shape index (κ3) is 5.09. The van der Waals surface area contributed by atoms with Crippen LogP contribution in [0.2, 0.25) is 0 Å². The molecule has 2 aromatic carbocycles. The topological polar surface area (TPSA) is 67.4 Å². The van der Waals surface area contributed by atoms with Gasteiger partial charge in [0.15, 0.2) is 5.78 Å². The van der Waals surface area contributed by atoms with Crippen molar-refractivity contribution in [2.24, 2.45) is 0 Å². The van der Waals surface area contributed by atoms with Crippen molar-refractivity contribution < 1.29 is 14.3 Å². The highest BCUT2D eigenvalue weighted by Gasteiger charge is 2.16. The van der Waals surface area contributed by atoms with Crippen LogP contribution in [0.4, 0.5) is 11.4 Å². The van der Waals surface area contributed by atoms with Crippen LogP contribution in [0.1, 0.15) is 43.0 Å². The van der Waals surface area contributed by atoms with E-state index in [1.807, 2.05) is 24.3 Å². The molecule has 26 heavy (non-hydrogen) atoms. The summed E-state index contributed by atoms with van der Waals surface area (Å²) in [6.45, 7) is 1.64. The van der Waals surface area contributed by atoms with Gasteiger partial charge in [0, 0.05) is 23.0 Å². The van der Waals surface area contributed by atoms with E-state index in [4.69, 9.17) is 4.74 Å². The average molecular weight is 352 g/mol. The van der Waals surface area contributed by atoms with Crippen molar-refractivity contribution in [3.63, 3.8) is 0 Å². The second kappa shape index (κ2) is 8.52. The number of anilines is 2. The Morgan fingerprint density at radius 2 is 1.77 bits per heavy atom. The predicted octanol–water partition coefficient (Wildman–Crippen LogP) is 4.26. The minimum absolute atomic E-state index is 0.0294. The van der Waals surface area contributed by atoms with E-state index >= 15 is 0 Å². The van der Waals surface area contributed by atoms with Crippen molar-refractivity contribution >= 4 is 23.1 Å². The Bertz CT molecular complexity index is 782. The van der Waals surface area contributed by atoms with Crippen LogP contribution in [0.15, 0.2) is 48.5 Å². The molecule has 1 amide bonds. The van der Waals surface area contributed by atoms with E-state index in [9.17, 15) is 9.59 Å². The monoisotopic (exact) mass is 352 g/mol. The number of carbonyl (C=O) groups is 2. The van der Waals surface area contributed by atoms with Gasteiger partial charge in [-0.15, -0.1) is 0 Å². The van der Waals surface area contributed by atoms with Gasteiger partial charge in [0.25, 0.3) is 0 Å². The number of Topliss-reactive ketones (excluding diaryl/α,β-unsaturated/α-hetero) is 1. The van der Waals surface area contributed by atoms with Crippen LogP contribution < -0.4 is 15.4 Å². The van der Waals surface area contributed by atoms with Gasteiger partial charge in [0.2, 0.25) is 5.91 Å². The first-order valence-corrected chi connectivity index (χ1v) is 9.01. The zero-order chi connectivity index (χ0) is 18.4. The fourth-order valence-corrected chi connectivity index (χ4v) is 3.08. The van der Waals surface area contributed by atoms with Crippen LogP contribution in [0.25, 0.3) is 0 Å². The van der Waals surface area contributed by atoms with Crippen LogP contribution in [0.5, 0.6) is 5.75 Å². The van der Waals surface area contributed by atoms with Crippen molar-refractivity contribution in [3.8, 4) is 5.75 Å². The Balaban J connectivity index is 1.52. The van der Waals surface area contributed by atoms with E-state index in [-0.39, 0.29) is 18.2 Å². The second-order valence-corrected chi connectivity index (χ2v) is 6.59. The zero-order valence-electron chi connectivity index (χ0n) is 15.0. The molecule has 0 saturated heterocycles. The molecule has 0 spiro atoms. The molecular weight excluding hydrogens is 328 g/mol. The standard InChI is InChI=1S/C21H24N2O3/c1-15(24)16-6-4-8-18(12-16)23-21(25)14-22-17-7-5-11-20(13-17)26-19-9-2-3-10-19/h4-8,11-13,19,22H,2-3,9-10,14H2,1H3,(H,23,25). The molecule has 5 heteroatoms. The van der Waals surface area contributed by atoms with E-state index in [0.29, 0.717) is 17.4 Å². The Hall–Kier alpha value is -2.82. The molecule has 0 aromatic heterocycles. The molecule has 3 rings (SSSR count). The zero-order valence-corrected chi connectivity index (χ0v) is 15.0. The fourth-order valence-electron chi connectivity index (χ4n) is 3.08. The van der Waals surface area contributed by atoms with Gasteiger partial charge in [-0.25, -0.2) is 0 Å². The van der Waals surface area contributed by atoms with Gasteiger partial charge >= 0.3 is 0 Å². The summed E-state index contributed by atoms with van der Waals surface area (Å²) in [5, 5.41) is 5.90. The number of ether oxygens (including phenoxy) is 1. The summed E-state index contributed by atoms with van der Waals surface area (Å²) in [6.07, 6.45) is 4.99. The summed E-state index contributed by atoms with van der Waals surface area (Å²) >= 11 is 0. The molecule has 136 valence electrons. The quantitative estimate of drug-likeness (QED) is 0.731. The van der Waals surface area contributed by atoms with Crippen molar-refractivity contribution in [2.75, 3.05) is 17.2 Å². The Morgan fingerprint density at radius 1 is 1.04 bits per heavy atom. The van der Waals surface area contributed by atoms with Gasteiger partial charge in [-0.1, -0.05) is 18.2 Å². The largest absolute Gasteiger partial charge is 0.490 e. The molecule has 0 aliphatic heterocycles. The summed E-state index contributed by atoms with van der Waals surface area (Å²) in [6, 6.07) is 14.6. The maximum absolute atomic E-state index is 12.1. The molecule has 0 heterocycles. The molecule has 2 aromatic rings. The summed E-state index contributed by atoms with van der Waals surface area (Å²) in [4.78, 5) is 23.6. The van der Waals surface area contributed by atoms with Crippen molar-refractivity contribution in [2.45, 2.75) is 38.7 Å². The molecule has 0 unspecified atom stereocenters. The highest BCUT2D eigenvalue weighted by molar-refractivity contribution is 5.98. The van der Waals surface area contributed by atoms with E-state index in [0.717, 1.165) is 24.3 Å². The molecule has 1 aliphatic carbocycles. The van der Waals surface area contributed by atoms with Crippen LogP contribution in [0, 0.1) is 0 Å². The normalized spacial score (nSPS) is 14.0. The van der Waals surface area contributed by atoms with Crippen LogP contribution in [0.3, 0.4) is 0 Å². The number of hydrogen-bond acceptors (Lipinski definition) is 4. The van der Waals surface area contributed by atoms with Crippen LogP contribution >= 0.6 is 0 Å². The number of amides is 1. The maximum Gasteiger partial charge on any atom is 0.243 e. The molecular formula is C21H24N2O3. The van der Waals surface area contributed by atoms with Crippen molar-refractivity contribution in [1.29, 1.82) is 0 Å². The molecule has 1 fully saturated rings. The van der Waals surface area contributed by atoms with E-state index < -0.39 is 0 Å². The van der Waals surface area contributed by atoms with Crippen molar-refractivity contribution in [1.82, 2.24) is 0 Å². The minimum atomic E-state index is -0.173. The SMILES string of the molecule is CC(=O)c1cccc(NC(=O)CNc2cccc(OC3CCCC3)c2)c1. The third-order valence-electron chi connectivity index (χ3n) is 4.44. The van der Waals surface area contributed by atoms with E-state index in [1.54, 1.807) is 24.3 Å². The first-order chi connectivity index (χ1) is 12.6. The Kier molecular flexibility index (Phi) is 5.89. The van der Waals surface area contributed by atoms with E-state index in [2.05, 4.69) is 10.6 Å². The number of carbonyl (C=O) groups excluding carboxylic acids is 2. The Morgan fingerprint density at radius 3 is 2.54 bits per heavy atom. The Labute approximate surface area is 153 Å². The average Bonchev–Trinajstić information content (AvgIpc) is 3.13. The minimum Gasteiger partial charge on any atom is -0.490 e. The van der Waals surface area contributed by atoms with Crippen LogP contribution in [-0.4, -0.2) is 24.3 Å². The number of ketones is 1. The summed E-state index contributed by atoms with van der Waals surface area (Å²) < 4.78 is 5.98. The second-order valence-electron chi connectivity index (χ2n) is 6.59. The molecule has 0 radical (unpaired) electrons. The summed E-state index contributed by atoms with van der Waals surface area (Å²) in [7, 11) is 0. The highest BCUT2D eigenvalue weighted by atomic mass is 16.5. The highest BCUT2D eigenvalue weighted by Crippen LogP contribution is 2.25. The maximum atomic E-state index is 12.1. The van der Waals surface area contributed by atoms with Crippen LogP contribution in [-0.2, 0) is 4.79 Å². The smallest absolute Gasteiger partial charge is 0.243 e. The van der Waals surface area contributed by atoms with E-state index in [1.165, 1.54) is 19.8 Å². The van der Waals surface area contributed by atoms with Crippen molar-refractivity contribution in [3.05, 3.63) is 54.1 Å². The van der Waals surface area contributed by atoms with Gasteiger partial charge in [0.1, 0.15) is 5.75 Å². The molecule has 5 nitrogen and oxygen atoms in total. The fraction of sp³-hybridized carbons (Fsp3) is 0.333. The molecule has 1 aliphatic rings. The number of benzene rings is 2. The molecule has 1 saturated carbocycles. The van der Waals surface area contributed by atoms with Gasteiger partial charge < -0.3 is 15.4 Å². The van der Waals surface area contributed by atoms with Gasteiger partial charge in [-0.2, -0.15) is 0 Å². The van der Waals surface area contributed by atoms with Gasteiger partial charge in [0.05, 0.1) is 12.6 Å². The lowest BCUT2D eigenvalue weighted by Crippen LogP contribution is -2.22. The number of hydrogen-bond donors (Lipinski definition) is 2. The van der Waals surface area contributed by atoms with Gasteiger partial charge in [-0.3, -0.25) is 9.59 Å². The summed E-state index contributed by atoms with van der Waals surface area (Å²) in [5.41, 5.74) is 2.03. The lowest BCUT2D eigenvalue weighted by atomic mass is 10.1. The molecule has 0 atom stereocenters. The third-order valence-corrected chi connectivity index (χ3v) is 4.44. The number of nitrogens with one attached hydrogen (secondary N) is 2. The van der Waals surface area contributed by atoms with Gasteiger partial charge in [-0.05, 0) is 56.9 Å². The first-order valence-electron chi connectivity index (χ1n) is 9.01. The lowest BCUT2D eigenvalue weighted by molar-refractivity contribution is -0.114. The molecule has 0 bridgehead atoms. The lowest BCUT2D eigenvalue weighted by Gasteiger charge is -2.14. The molecule has 2 N–H and O–H groups in total. The first kappa shape index (κ1) is 18.0. The summed E-state index contributed by atoms with van der Waals surface area (Å²) in [5.74, 6) is 0.627.